The lowest BCUT2D eigenvalue weighted by molar-refractivity contribution is -0.122. The van der Waals surface area contributed by atoms with Crippen LogP contribution in [0.1, 0.15) is 23.6 Å². The van der Waals surface area contributed by atoms with Gasteiger partial charge in [-0.25, -0.2) is 0 Å². The highest BCUT2D eigenvalue weighted by Crippen LogP contribution is 2.58. The number of aryl methyl sites for hydroxylation is 1. The zero-order valence-electron chi connectivity index (χ0n) is 17.5. The van der Waals surface area contributed by atoms with Crippen LogP contribution < -0.4 is 9.80 Å². The number of carbonyl (C=O) groups excluding carboxylic acids is 2. The fourth-order valence-corrected chi connectivity index (χ4v) is 5.80. The summed E-state index contributed by atoms with van der Waals surface area (Å²) in [7, 11) is 4.11. The number of aromatic nitrogens is 1. The quantitative estimate of drug-likeness (QED) is 0.597. The molecule has 3 atom stereocenters. The van der Waals surface area contributed by atoms with Crippen LogP contribution in [0.2, 0.25) is 0 Å². The van der Waals surface area contributed by atoms with Crippen molar-refractivity contribution in [2.24, 2.45) is 18.9 Å². The van der Waals surface area contributed by atoms with Gasteiger partial charge >= 0.3 is 0 Å². The molecule has 31 heavy (non-hydrogen) atoms. The average Bonchev–Trinajstić information content (AvgIpc) is 3.42. The smallest absolute Gasteiger partial charge is 0.238 e. The highest BCUT2D eigenvalue weighted by molar-refractivity contribution is 6.23. The first-order valence-corrected chi connectivity index (χ1v) is 10.7. The van der Waals surface area contributed by atoms with E-state index in [-0.39, 0.29) is 29.6 Å². The Morgan fingerprint density at radius 3 is 2.32 bits per heavy atom. The fraction of sp³-hybridized carbons (Fsp3) is 0.231. The molecule has 3 aromatic rings. The van der Waals surface area contributed by atoms with Crippen molar-refractivity contribution in [3.05, 3.63) is 89.9 Å². The van der Waals surface area contributed by atoms with Gasteiger partial charge in [-0.1, -0.05) is 36.4 Å². The molecule has 0 bridgehead atoms. The first kappa shape index (κ1) is 18.2. The van der Waals surface area contributed by atoms with Gasteiger partial charge in [0.05, 0.1) is 17.5 Å². The maximum absolute atomic E-state index is 13.7. The van der Waals surface area contributed by atoms with Gasteiger partial charge in [0, 0.05) is 43.3 Å². The topological polar surface area (TPSA) is 45.6 Å². The number of amides is 2. The third-order valence-electron chi connectivity index (χ3n) is 7.13. The Balaban J connectivity index is 1.57. The molecule has 6 rings (SSSR count). The van der Waals surface area contributed by atoms with Crippen molar-refractivity contribution >= 4 is 28.8 Å². The highest BCUT2D eigenvalue weighted by Gasteiger charge is 2.58. The van der Waals surface area contributed by atoms with E-state index in [9.17, 15) is 9.59 Å². The van der Waals surface area contributed by atoms with E-state index in [4.69, 9.17) is 0 Å². The van der Waals surface area contributed by atoms with Gasteiger partial charge in [0.15, 0.2) is 0 Å². The van der Waals surface area contributed by atoms with Gasteiger partial charge < -0.3 is 9.47 Å². The van der Waals surface area contributed by atoms with Crippen LogP contribution in [-0.4, -0.2) is 23.4 Å². The summed E-state index contributed by atoms with van der Waals surface area (Å²) in [5, 5.41) is 0. The first-order chi connectivity index (χ1) is 15.1. The van der Waals surface area contributed by atoms with Crippen LogP contribution in [0.4, 0.5) is 11.4 Å². The Labute approximate surface area is 181 Å². The molecule has 3 aliphatic rings. The number of anilines is 2. The van der Waals surface area contributed by atoms with E-state index in [1.165, 1.54) is 4.90 Å². The van der Waals surface area contributed by atoms with Crippen molar-refractivity contribution < 1.29 is 9.59 Å². The lowest BCUT2D eigenvalue weighted by Gasteiger charge is -2.33. The minimum atomic E-state index is -0.377. The van der Waals surface area contributed by atoms with Gasteiger partial charge in [0.25, 0.3) is 0 Å². The van der Waals surface area contributed by atoms with Crippen LogP contribution in [0, 0.1) is 11.8 Å². The number of carbonyl (C=O) groups is 2. The number of allylic oxidation sites excluding steroid dienone is 2. The van der Waals surface area contributed by atoms with Crippen molar-refractivity contribution in [3.63, 3.8) is 0 Å². The van der Waals surface area contributed by atoms with Crippen LogP contribution in [0.3, 0.4) is 0 Å². The lowest BCUT2D eigenvalue weighted by Crippen LogP contribution is -2.33. The van der Waals surface area contributed by atoms with Crippen LogP contribution in [-0.2, 0) is 16.6 Å². The van der Waals surface area contributed by atoms with Crippen LogP contribution in [0.25, 0.3) is 5.57 Å². The standard InChI is InChI=1S/C26H23N3O2/c1-27-14-8-13-20(27)18-15-19-23(22-17-11-6-7-12-21(17)28(2)24(18)22)26(31)29(25(19)30)16-9-4-3-5-10-16/h3-14,19,22-23H,15H2,1-2H3/t19-,22-,23-/m1/s1. The summed E-state index contributed by atoms with van der Waals surface area (Å²) in [4.78, 5) is 31.0. The highest BCUT2D eigenvalue weighted by atomic mass is 16.2. The van der Waals surface area contributed by atoms with Gasteiger partial charge in [-0.15, -0.1) is 0 Å². The van der Waals surface area contributed by atoms with Crippen LogP contribution in [0.15, 0.2) is 78.6 Å². The van der Waals surface area contributed by atoms with Crippen molar-refractivity contribution in [3.8, 4) is 0 Å². The summed E-state index contributed by atoms with van der Waals surface area (Å²) in [6.45, 7) is 0. The maximum atomic E-state index is 13.7. The monoisotopic (exact) mass is 409 g/mol. The summed E-state index contributed by atoms with van der Waals surface area (Å²) in [6, 6.07) is 21.7. The van der Waals surface area contributed by atoms with Crippen molar-refractivity contribution in [2.75, 3.05) is 16.8 Å². The van der Waals surface area contributed by atoms with E-state index in [1.54, 1.807) is 0 Å². The van der Waals surface area contributed by atoms with E-state index < -0.39 is 0 Å². The van der Waals surface area contributed by atoms with Gasteiger partial charge in [0.1, 0.15) is 0 Å². The Hall–Kier alpha value is -3.60. The molecule has 1 fully saturated rings. The lowest BCUT2D eigenvalue weighted by atomic mass is 9.70. The largest absolute Gasteiger partial charge is 0.351 e. The summed E-state index contributed by atoms with van der Waals surface area (Å²) < 4.78 is 2.10. The van der Waals surface area contributed by atoms with Gasteiger partial charge in [-0.05, 0) is 47.9 Å². The minimum absolute atomic E-state index is 0.0836. The average molecular weight is 409 g/mol. The number of imide groups is 1. The molecule has 2 amide bonds. The molecule has 5 nitrogen and oxygen atoms in total. The second kappa shape index (κ2) is 6.45. The maximum Gasteiger partial charge on any atom is 0.238 e. The minimum Gasteiger partial charge on any atom is -0.351 e. The number of hydrogen-bond acceptors (Lipinski definition) is 3. The van der Waals surface area contributed by atoms with Gasteiger partial charge in [-0.3, -0.25) is 14.5 Å². The normalized spacial score (nSPS) is 24.5. The zero-order valence-corrected chi connectivity index (χ0v) is 17.5. The predicted octanol–water partition coefficient (Wildman–Crippen LogP) is 4.18. The third-order valence-corrected chi connectivity index (χ3v) is 7.13. The van der Waals surface area contributed by atoms with Crippen LogP contribution >= 0.6 is 0 Å². The van der Waals surface area contributed by atoms with E-state index in [0.29, 0.717) is 12.1 Å². The van der Waals surface area contributed by atoms with E-state index in [2.05, 4.69) is 34.7 Å². The second-order valence-electron chi connectivity index (χ2n) is 8.65. The number of hydrogen-bond donors (Lipinski definition) is 0. The number of fused-ring (bicyclic) bond motifs is 5. The molecule has 1 saturated heterocycles. The summed E-state index contributed by atoms with van der Waals surface area (Å²) >= 11 is 0. The molecule has 1 aromatic heterocycles. The summed E-state index contributed by atoms with van der Waals surface area (Å²) in [6.07, 6.45) is 2.60. The number of benzene rings is 2. The summed E-state index contributed by atoms with van der Waals surface area (Å²) in [5.41, 5.74) is 6.34. The Kier molecular flexibility index (Phi) is 3.78. The molecular weight excluding hydrogens is 386 g/mol. The van der Waals surface area contributed by atoms with Crippen molar-refractivity contribution in [2.45, 2.75) is 12.3 Å². The zero-order chi connectivity index (χ0) is 21.3. The fourth-order valence-electron chi connectivity index (χ4n) is 5.80. The molecule has 1 aliphatic carbocycles. The number of rotatable bonds is 2. The molecule has 0 unspecified atom stereocenters. The van der Waals surface area contributed by atoms with Gasteiger partial charge in [0.2, 0.25) is 11.8 Å². The van der Waals surface area contributed by atoms with Crippen molar-refractivity contribution in [1.82, 2.24) is 4.57 Å². The number of para-hydroxylation sites is 2. The second-order valence-corrected chi connectivity index (χ2v) is 8.65. The Bertz CT molecular complexity index is 1260. The predicted molar refractivity (Wildman–Crippen MR) is 120 cm³/mol. The SMILES string of the molecule is CN1C2=C(c3cccn3C)C[C@H]3C(=O)N(c4ccccc4)C(=O)[C@H]3[C@H]2c2ccccc21. The first-order valence-electron chi connectivity index (χ1n) is 10.7. The molecule has 154 valence electrons. The molecule has 0 saturated carbocycles. The third kappa shape index (κ3) is 2.37. The number of likely N-dealkylation sites (N-methyl/N-ethyl adjacent to an activating group) is 1. The van der Waals surface area contributed by atoms with Gasteiger partial charge in [-0.2, -0.15) is 0 Å². The molecular formula is C26H23N3O2. The molecule has 3 heterocycles. The van der Waals surface area contributed by atoms with Crippen LogP contribution in [0.5, 0.6) is 0 Å². The number of nitrogens with zero attached hydrogens (tertiary/aromatic N) is 3. The van der Waals surface area contributed by atoms with Crippen molar-refractivity contribution in [1.29, 1.82) is 0 Å². The van der Waals surface area contributed by atoms with E-state index in [0.717, 1.165) is 28.2 Å². The van der Waals surface area contributed by atoms with E-state index in [1.807, 2.05) is 61.8 Å². The molecule has 0 radical (unpaired) electrons. The Morgan fingerprint density at radius 2 is 1.58 bits per heavy atom. The molecule has 5 heteroatoms. The molecule has 2 aliphatic heterocycles. The summed E-state index contributed by atoms with van der Waals surface area (Å²) in [5.74, 6) is -1.02. The molecule has 0 spiro atoms. The molecule has 0 N–H and O–H groups in total. The van der Waals surface area contributed by atoms with E-state index >= 15 is 0 Å². The Morgan fingerprint density at radius 1 is 0.839 bits per heavy atom. The molecule has 2 aromatic carbocycles.